The molecule has 0 unspecified atom stereocenters. The van der Waals surface area contributed by atoms with Crippen molar-refractivity contribution >= 4 is 11.8 Å². The molecular formula is C22H33N3O3. The van der Waals surface area contributed by atoms with Crippen LogP contribution in [0.2, 0.25) is 0 Å². The number of piperazine rings is 1. The zero-order valence-electron chi connectivity index (χ0n) is 16.8. The van der Waals surface area contributed by atoms with Crippen LogP contribution in [0.1, 0.15) is 38.5 Å². The SMILES string of the molecule is O=C(CN1CCN(C(=O)CCC2CCCC2)CC1)NCCOc1ccccc1. The molecule has 0 spiro atoms. The average Bonchev–Trinajstić information content (AvgIpc) is 3.24. The highest BCUT2D eigenvalue weighted by atomic mass is 16.5. The molecule has 28 heavy (non-hydrogen) atoms. The lowest BCUT2D eigenvalue weighted by molar-refractivity contribution is -0.133. The molecule has 3 rings (SSSR count). The summed E-state index contributed by atoms with van der Waals surface area (Å²) < 4.78 is 5.57. The second-order valence-corrected chi connectivity index (χ2v) is 7.86. The molecule has 154 valence electrons. The summed E-state index contributed by atoms with van der Waals surface area (Å²) >= 11 is 0. The van der Waals surface area contributed by atoms with E-state index in [1.165, 1.54) is 25.7 Å². The summed E-state index contributed by atoms with van der Waals surface area (Å²) in [4.78, 5) is 28.6. The number of carbonyl (C=O) groups is 2. The van der Waals surface area contributed by atoms with E-state index in [2.05, 4.69) is 10.2 Å². The Labute approximate surface area is 168 Å². The van der Waals surface area contributed by atoms with E-state index in [0.29, 0.717) is 26.1 Å². The summed E-state index contributed by atoms with van der Waals surface area (Å²) in [5.74, 6) is 1.87. The van der Waals surface area contributed by atoms with Gasteiger partial charge in [-0.2, -0.15) is 0 Å². The van der Waals surface area contributed by atoms with Crippen molar-refractivity contribution in [1.29, 1.82) is 0 Å². The van der Waals surface area contributed by atoms with Crippen LogP contribution < -0.4 is 10.1 Å². The van der Waals surface area contributed by atoms with Gasteiger partial charge in [0.15, 0.2) is 0 Å². The normalized spacial score (nSPS) is 18.2. The van der Waals surface area contributed by atoms with Gasteiger partial charge in [0.1, 0.15) is 12.4 Å². The maximum absolute atomic E-state index is 12.4. The zero-order chi connectivity index (χ0) is 19.6. The monoisotopic (exact) mass is 387 g/mol. The first-order valence-corrected chi connectivity index (χ1v) is 10.7. The van der Waals surface area contributed by atoms with Gasteiger partial charge in [0.25, 0.3) is 0 Å². The van der Waals surface area contributed by atoms with Gasteiger partial charge in [-0.3, -0.25) is 14.5 Å². The molecule has 1 aliphatic heterocycles. The highest BCUT2D eigenvalue weighted by molar-refractivity contribution is 5.78. The molecule has 0 radical (unpaired) electrons. The van der Waals surface area contributed by atoms with Gasteiger partial charge in [0.05, 0.1) is 13.1 Å². The fourth-order valence-electron chi connectivity index (χ4n) is 4.08. The van der Waals surface area contributed by atoms with Crippen LogP contribution in [-0.4, -0.2) is 67.5 Å². The minimum Gasteiger partial charge on any atom is -0.492 e. The smallest absolute Gasteiger partial charge is 0.234 e. The number of benzene rings is 1. The lowest BCUT2D eigenvalue weighted by atomic mass is 10.0. The molecule has 1 saturated carbocycles. The van der Waals surface area contributed by atoms with E-state index < -0.39 is 0 Å². The molecule has 2 amide bonds. The van der Waals surface area contributed by atoms with Crippen molar-refractivity contribution in [2.45, 2.75) is 38.5 Å². The van der Waals surface area contributed by atoms with Crippen molar-refractivity contribution < 1.29 is 14.3 Å². The van der Waals surface area contributed by atoms with Crippen LogP contribution in [0.4, 0.5) is 0 Å². The Morgan fingerprint density at radius 2 is 1.75 bits per heavy atom. The molecule has 1 saturated heterocycles. The van der Waals surface area contributed by atoms with Gasteiger partial charge in [-0.05, 0) is 24.5 Å². The van der Waals surface area contributed by atoms with E-state index in [0.717, 1.165) is 44.3 Å². The van der Waals surface area contributed by atoms with Crippen molar-refractivity contribution in [1.82, 2.24) is 15.1 Å². The molecule has 1 N–H and O–H groups in total. The predicted molar refractivity (Wildman–Crippen MR) is 109 cm³/mol. The van der Waals surface area contributed by atoms with Gasteiger partial charge in [0, 0.05) is 32.6 Å². The third-order valence-corrected chi connectivity index (χ3v) is 5.77. The third kappa shape index (κ3) is 6.82. The van der Waals surface area contributed by atoms with E-state index >= 15 is 0 Å². The number of ether oxygens (including phenoxy) is 1. The lowest BCUT2D eigenvalue weighted by Gasteiger charge is -2.34. The van der Waals surface area contributed by atoms with E-state index in [1.54, 1.807) is 0 Å². The van der Waals surface area contributed by atoms with E-state index in [1.807, 2.05) is 35.2 Å². The molecule has 0 aromatic heterocycles. The first kappa shape index (κ1) is 20.6. The standard InChI is InChI=1S/C22H33N3O3/c26-21(23-12-17-28-20-8-2-1-3-9-20)18-24-13-15-25(16-14-24)22(27)11-10-19-6-4-5-7-19/h1-3,8-9,19H,4-7,10-18H2,(H,23,26). The van der Waals surface area contributed by atoms with Crippen LogP contribution in [0.5, 0.6) is 5.75 Å². The molecular weight excluding hydrogens is 354 g/mol. The number of nitrogens with one attached hydrogen (secondary N) is 1. The van der Waals surface area contributed by atoms with Crippen molar-refractivity contribution in [3.05, 3.63) is 30.3 Å². The first-order chi connectivity index (χ1) is 13.7. The summed E-state index contributed by atoms with van der Waals surface area (Å²) in [6.07, 6.45) is 6.99. The van der Waals surface area contributed by atoms with Crippen LogP contribution in [0.25, 0.3) is 0 Å². The molecule has 6 heteroatoms. The Bertz CT molecular complexity index is 609. The van der Waals surface area contributed by atoms with Crippen molar-refractivity contribution in [3.8, 4) is 5.75 Å². The van der Waals surface area contributed by atoms with Crippen LogP contribution in [0.15, 0.2) is 30.3 Å². The number of nitrogens with zero attached hydrogens (tertiary/aromatic N) is 2. The highest BCUT2D eigenvalue weighted by Gasteiger charge is 2.23. The van der Waals surface area contributed by atoms with E-state index in [4.69, 9.17) is 4.74 Å². The predicted octanol–water partition coefficient (Wildman–Crippen LogP) is 2.30. The number of carbonyl (C=O) groups excluding carboxylic acids is 2. The molecule has 1 aliphatic carbocycles. The van der Waals surface area contributed by atoms with Crippen LogP contribution in [-0.2, 0) is 9.59 Å². The van der Waals surface area contributed by atoms with Gasteiger partial charge in [-0.15, -0.1) is 0 Å². The Balaban J connectivity index is 1.25. The topological polar surface area (TPSA) is 61.9 Å². The van der Waals surface area contributed by atoms with Gasteiger partial charge in [0.2, 0.25) is 11.8 Å². The average molecular weight is 388 g/mol. The van der Waals surface area contributed by atoms with Gasteiger partial charge in [-0.25, -0.2) is 0 Å². The third-order valence-electron chi connectivity index (χ3n) is 5.77. The largest absolute Gasteiger partial charge is 0.492 e. The maximum atomic E-state index is 12.4. The number of hydrogen-bond acceptors (Lipinski definition) is 4. The number of amides is 2. The minimum absolute atomic E-state index is 0.0117. The quantitative estimate of drug-likeness (QED) is 0.661. The van der Waals surface area contributed by atoms with Crippen molar-refractivity contribution in [3.63, 3.8) is 0 Å². The minimum atomic E-state index is 0.0117. The summed E-state index contributed by atoms with van der Waals surface area (Å²) in [6, 6.07) is 9.59. The molecule has 2 fully saturated rings. The van der Waals surface area contributed by atoms with Gasteiger partial charge >= 0.3 is 0 Å². The summed E-state index contributed by atoms with van der Waals surface area (Å²) in [7, 11) is 0. The van der Waals surface area contributed by atoms with Crippen molar-refractivity contribution in [2.24, 2.45) is 5.92 Å². The van der Waals surface area contributed by atoms with E-state index in [9.17, 15) is 9.59 Å². The summed E-state index contributed by atoms with van der Waals surface area (Å²) in [6.45, 7) is 4.33. The zero-order valence-corrected chi connectivity index (χ0v) is 16.8. The molecule has 1 heterocycles. The number of para-hydroxylation sites is 1. The fourth-order valence-corrected chi connectivity index (χ4v) is 4.08. The number of hydrogen-bond donors (Lipinski definition) is 1. The Morgan fingerprint density at radius 3 is 2.46 bits per heavy atom. The van der Waals surface area contributed by atoms with Gasteiger partial charge < -0.3 is 15.0 Å². The molecule has 0 atom stereocenters. The van der Waals surface area contributed by atoms with E-state index in [-0.39, 0.29) is 11.8 Å². The van der Waals surface area contributed by atoms with Crippen LogP contribution in [0, 0.1) is 5.92 Å². The van der Waals surface area contributed by atoms with Gasteiger partial charge in [-0.1, -0.05) is 43.9 Å². The van der Waals surface area contributed by atoms with Crippen molar-refractivity contribution in [2.75, 3.05) is 45.9 Å². The second kappa shape index (κ2) is 11.1. The molecule has 0 bridgehead atoms. The Morgan fingerprint density at radius 1 is 1.04 bits per heavy atom. The molecule has 1 aromatic carbocycles. The number of rotatable bonds is 9. The molecule has 6 nitrogen and oxygen atoms in total. The second-order valence-electron chi connectivity index (χ2n) is 7.86. The Kier molecular flexibility index (Phi) is 8.15. The maximum Gasteiger partial charge on any atom is 0.234 e. The lowest BCUT2D eigenvalue weighted by Crippen LogP contribution is -2.51. The van der Waals surface area contributed by atoms with Crippen LogP contribution >= 0.6 is 0 Å². The summed E-state index contributed by atoms with van der Waals surface area (Å²) in [5, 5.41) is 2.90. The fraction of sp³-hybridized carbons (Fsp3) is 0.636. The highest BCUT2D eigenvalue weighted by Crippen LogP contribution is 2.28. The van der Waals surface area contributed by atoms with Crippen LogP contribution in [0.3, 0.4) is 0 Å². The molecule has 1 aromatic rings. The first-order valence-electron chi connectivity index (χ1n) is 10.7. The molecule has 2 aliphatic rings. The summed E-state index contributed by atoms with van der Waals surface area (Å²) in [5.41, 5.74) is 0. The Hall–Kier alpha value is -2.08.